The van der Waals surface area contributed by atoms with Crippen molar-refractivity contribution in [1.82, 2.24) is 0 Å². The average molecular weight is 234 g/mol. The van der Waals surface area contributed by atoms with Gasteiger partial charge in [-0.3, -0.25) is 4.79 Å². The Morgan fingerprint density at radius 3 is 2.53 bits per heavy atom. The van der Waals surface area contributed by atoms with Gasteiger partial charge in [0.1, 0.15) is 5.75 Å². The van der Waals surface area contributed by atoms with E-state index < -0.39 is 0 Å². The molecule has 0 aliphatic heterocycles. The molecule has 0 bridgehead atoms. The first-order valence-corrected chi connectivity index (χ1v) is 5.93. The number of methoxy groups -OCH3 is 2. The van der Waals surface area contributed by atoms with Crippen LogP contribution in [0, 0.1) is 0 Å². The summed E-state index contributed by atoms with van der Waals surface area (Å²) in [5.74, 6) is 0.765. The highest BCUT2D eigenvalue weighted by Crippen LogP contribution is 2.49. The fourth-order valence-corrected chi connectivity index (χ4v) is 2.28. The van der Waals surface area contributed by atoms with Gasteiger partial charge in [-0.1, -0.05) is 19.1 Å². The van der Waals surface area contributed by atoms with Crippen LogP contribution in [0.3, 0.4) is 0 Å². The fraction of sp³-hybridized carbons (Fsp3) is 0.500. The molecule has 1 aliphatic rings. The Hall–Kier alpha value is -1.51. The molecule has 0 atom stereocenters. The number of rotatable bonds is 4. The molecule has 2 rings (SSSR count). The van der Waals surface area contributed by atoms with E-state index in [0.29, 0.717) is 0 Å². The molecular weight excluding hydrogens is 216 g/mol. The Balaban J connectivity index is 2.37. The number of hydrogen-bond donors (Lipinski definition) is 0. The SMILES string of the molecule is CCc1cc(C2(C(=O)OC)CC2)ccc1OC. The minimum atomic E-state index is -0.384. The van der Waals surface area contributed by atoms with Crippen LogP contribution in [0.15, 0.2) is 18.2 Å². The van der Waals surface area contributed by atoms with Crippen molar-refractivity contribution >= 4 is 5.97 Å². The Labute approximate surface area is 102 Å². The Bertz CT molecular complexity index is 433. The molecule has 0 N–H and O–H groups in total. The molecule has 1 saturated carbocycles. The minimum Gasteiger partial charge on any atom is -0.496 e. The summed E-state index contributed by atoms with van der Waals surface area (Å²) < 4.78 is 10.2. The first-order valence-electron chi connectivity index (χ1n) is 5.93. The van der Waals surface area contributed by atoms with Gasteiger partial charge in [0, 0.05) is 0 Å². The maximum atomic E-state index is 11.8. The molecular formula is C14H18O3. The van der Waals surface area contributed by atoms with E-state index in [4.69, 9.17) is 9.47 Å². The monoisotopic (exact) mass is 234 g/mol. The average Bonchev–Trinajstić information content (AvgIpc) is 3.18. The lowest BCUT2D eigenvalue weighted by Crippen LogP contribution is -2.22. The Kier molecular flexibility index (Phi) is 3.09. The van der Waals surface area contributed by atoms with Gasteiger partial charge in [-0.05, 0) is 36.5 Å². The molecule has 1 aliphatic carbocycles. The van der Waals surface area contributed by atoms with Crippen LogP contribution in [0.2, 0.25) is 0 Å². The van der Waals surface area contributed by atoms with E-state index in [2.05, 4.69) is 13.0 Å². The second kappa shape index (κ2) is 4.40. The topological polar surface area (TPSA) is 35.5 Å². The fourth-order valence-electron chi connectivity index (χ4n) is 2.28. The van der Waals surface area contributed by atoms with Crippen molar-refractivity contribution in [2.45, 2.75) is 31.6 Å². The predicted octanol–water partition coefficient (Wildman–Crippen LogP) is 2.46. The summed E-state index contributed by atoms with van der Waals surface area (Å²) in [7, 11) is 3.12. The van der Waals surface area contributed by atoms with E-state index in [1.165, 1.54) is 7.11 Å². The molecule has 0 aromatic heterocycles. The quantitative estimate of drug-likeness (QED) is 0.751. The van der Waals surface area contributed by atoms with Crippen LogP contribution in [0.4, 0.5) is 0 Å². The molecule has 3 nitrogen and oxygen atoms in total. The van der Waals surface area contributed by atoms with Crippen LogP contribution in [0.25, 0.3) is 0 Å². The first-order chi connectivity index (χ1) is 8.17. The van der Waals surface area contributed by atoms with Crippen LogP contribution < -0.4 is 4.74 Å². The number of carbonyl (C=O) groups is 1. The van der Waals surface area contributed by atoms with Crippen LogP contribution >= 0.6 is 0 Å². The third-order valence-electron chi connectivity index (χ3n) is 3.54. The van der Waals surface area contributed by atoms with E-state index in [-0.39, 0.29) is 11.4 Å². The Morgan fingerprint density at radius 1 is 1.35 bits per heavy atom. The standard InChI is InChI=1S/C14H18O3/c1-4-10-9-11(5-6-12(10)16-2)14(7-8-14)13(15)17-3/h5-6,9H,4,7-8H2,1-3H3. The van der Waals surface area contributed by atoms with Gasteiger partial charge in [-0.25, -0.2) is 0 Å². The molecule has 1 fully saturated rings. The van der Waals surface area contributed by atoms with Crippen molar-refractivity contribution in [3.63, 3.8) is 0 Å². The van der Waals surface area contributed by atoms with Crippen molar-refractivity contribution in [1.29, 1.82) is 0 Å². The van der Waals surface area contributed by atoms with Crippen LogP contribution in [-0.2, 0) is 21.4 Å². The molecule has 0 saturated heterocycles. The number of carbonyl (C=O) groups excluding carboxylic acids is 1. The zero-order chi connectivity index (χ0) is 12.5. The largest absolute Gasteiger partial charge is 0.496 e. The lowest BCUT2D eigenvalue weighted by Gasteiger charge is -2.15. The highest BCUT2D eigenvalue weighted by Gasteiger charge is 2.52. The molecule has 92 valence electrons. The summed E-state index contributed by atoms with van der Waals surface area (Å²) in [5.41, 5.74) is 1.81. The first kappa shape index (κ1) is 12.0. The van der Waals surface area contributed by atoms with Gasteiger partial charge >= 0.3 is 5.97 Å². The lowest BCUT2D eigenvalue weighted by atomic mass is 9.93. The van der Waals surface area contributed by atoms with Gasteiger partial charge in [0.05, 0.1) is 19.6 Å². The normalized spacial score (nSPS) is 16.4. The van der Waals surface area contributed by atoms with Crippen molar-refractivity contribution in [3.8, 4) is 5.75 Å². The van der Waals surface area contributed by atoms with Gasteiger partial charge in [0.2, 0.25) is 0 Å². The summed E-state index contributed by atoms with van der Waals surface area (Å²) in [4.78, 5) is 11.8. The molecule has 17 heavy (non-hydrogen) atoms. The summed E-state index contributed by atoms with van der Waals surface area (Å²) in [6.45, 7) is 2.08. The van der Waals surface area contributed by atoms with Gasteiger partial charge in [0.15, 0.2) is 0 Å². The number of hydrogen-bond acceptors (Lipinski definition) is 3. The molecule has 3 heteroatoms. The second-order valence-electron chi connectivity index (χ2n) is 4.45. The van der Waals surface area contributed by atoms with E-state index >= 15 is 0 Å². The molecule has 1 aromatic rings. The third kappa shape index (κ3) is 1.90. The van der Waals surface area contributed by atoms with Gasteiger partial charge < -0.3 is 9.47 Å². The highest BCUT2D eigenvalue weighted by molar-refractivity contribution is 5.86. The molecule has 0 spiro atoms. The third-order valence-corrected chi connectivity index (χ3v) is 3.54. The van der Waals surface area contributed by atoms with E-state index in [0.717, 1.165) is 36.1 Å². The van der Waals surface area contributed by atoms with Crippen LogP contribution in [0.5, 0.6) is 5.75 Å². The lowest BCUT2D eigenvalue weighted by molar-refractivity contribution is -0.143. The molecule has 1 aromatic carbocycles. The number of ether oxygens (including phenoxy) is 2. The van der Waals surface area contributed by atoms with Gasteiger partial charge in [-0.2, -0.15) is 0 Å². The van der Waals surface area contributed by atoms with Crippen LogP contribution in [0.1, 0.15) is 30.9 Å². The zero-order valence-electron chi connectivity index (χ0n) is 10.6. The maximum Gasteiger partial charge on any atom is 0.316 e. The van der Waals surface area contributed by atoms with Crippen molar-refractivity contribution in [2.75, 3.05) is 14.2 Å². The molecule has 0 heterocycles. The van der Waals surface area contributed by atoms with E-state index in [1.807, 2.05) is 12.1 Å². The zero-order valence-corrected chi connectivity index (χ0v) is 10.6. The summed E-state index contributed by atoms with van der Waals surface area (Å²) in [6, 6.07) is 5.99. The maximum absolute atomic E-state index is 11.8. The van der Waals surface area contributed by atoms with E-state index in [1.54, 1.807) is 7.11 Å². The Morgan fingerprint density at radius 2 is 2.06 bits per heavy atom. The van der Waals surface area contributed by atoms with Gasteiger partial charge in [0.25, 0.3) is 0 Å². The number of benzene rings is 1. The molecule has 0 radical (unpaired) electrons. The summed E-state index contributed by atoms with van der Waals surface area (Å²) in [6.07, 6.45) is 2.67. The highest BCUT2D eigenvalue weighted by atomic mass is 16.5. The minimum absolute atomic E-state index is 0.121. The molecule has 0 unspecified atom stereocenters. The molecule has 0 amide bonds. The smallest absolute Gasteiger partial charge is 0.316 e. The van der Waals surface area contributed by atoms with Crippen molar-refractivity contribution < 1.29 is 14.3 Å². The van der Waals surface area contributed by atoms with Crippen molar-refractivity contribution in [3.05, 3.63) is 29.3 Å². The van der Waals surface area contributed by atoms with E-state index in [9.17, 15) is 4.79 Å². The number of aryl methyl sites for hydroxylation is 1. The summed E-state index contributed by atoms with van der Waals surface area (Å²) in [5, 5.41) is 0. The second-order valence-corrected chi connectivity index (χ2v) is 4.45. The van der Waals surface area contributed by atoms with Crippen molar-refractivity contribution in [2.24, 2.45) is 0 Å². The van der Waals surface area contributed by atoms with Crippen LogP contribution in [-0.4, -0.2) is 20.2 Å². The summed E-state index contributed by atoms with van der Waals surface area (Å²) >= 11 is 0. The predicted molar refractivity (Wildman–Crippen MR) is 65.3 cm³/mol. The van der Waals surface area contributed by atoms with Gasteiger partial charge in [-0.15, -0.1) is 0 Å². The number of esters is 1.